The minimum atomic E-state index is -0.646. The Bertz CT molecular complexity index is 2810. The number of benzene rings is 4. The molecule has 8 rings (SSSR count). The Morgan fingerprint density at radius 1 is 0.847 bits per heavy atom. The molecule has 3 atom stereocenters. The molecule has 4 heterocycles. The number of Topliss-reactive ketones (excluding diaryl/α,β-unsaturated/α-hetero) is 1. The Labute approximate surface area is 428 Å². The van der Waals surface area contributed by atoms with Gasteiger partial charge in [-0.2, -0.15) is 0 Å². The van der Waals surface area contributed by atoms with Gasteiger partial charge >= 0.3 is 18.2 Å². The van der Waals surface area contributed by atoms with Crippen LogP contribution in [0.5, 0.6) is 5.75 Å². The summed E-state index contributed by atoms with van der Waals surface area (Å²) in [6.45, 7) is 10.6. The van der Waals surface area contributed by atoms with Crippen LogP contribution in [0, 0.1) is 11.8 Å². The molecule has 0 saturated carbocycles. The van der Waals surface area contributed by atoms with E-state index in [0.29, 0.717) is 91.4 Å². The normalized spacial score (nSPS) is 16.4. The Kier molecular flexibility index (Phi) is 16.8. The molecule has 0 spiro atoms. The number of urea groups is 1. The maximum atomic E-state index is 14.6. The molecule has 3 aliphatic heterocycles. The summed E-state index contributed by atoms with van der Waals surface area (Å²) in [6, 6.07) is 21.3. The third kappa shape index (κ3) is 11.7. The van der Waals surface area contributed by atoms with Gasteiger partial charge in [0, 0.05) is 97.4 Å². The molecule has 18 heteroatoms. The lowest BCUT2D eigenvalue weighted by molar-refractivity contribution is -0.128. The van der Waals surface area contributed by atoms with Crippen molar-refractivity contribution >= 4 is 90.5 Å². The fourth-order valence-electron chi connectivity index (χ4n) is 10.1. The minimum absolute atomic E-state index is 0.000227. The third-order valence-electron chi connectivity index (χ3n) is 14.1. The number of nitrogens with one attached hydrogen (secondary N) is 4. The Morgan fingerprint density at radius 3 is 2.31 bits per heavy atom. The number of carbonyl (C=O) groups is 6. The monoisotopic (exact) mass is 1050 g/mol. The quantitative estimate of drug-likeness (QED) is 0.0395. The lowest BCUT2D eigenvalue weighted by Gasteiger charge is -2.31. The van der Waals surface area contributed by atoms with Crippen molar-refractivity contribution in [1.29, 1.82) is 0 Å². The fraction of sp³-hybridized carbons (Fsp3) is 0.444. The highest BCUT2D eigenvalue weighted by molar-refractivity contribution is 9.09. The van der Waals surface area contributed by atoms with Crippen LogP contribution in [0.15, 0.2) is 72.8 Å². The standard InChI is InChI=1S/C54H66BrN9O8/c1-5-6-20-57-49(33(2)3)46(65)27-35(10-9-21-58-52(56)68)50(66)59-37-15-13-34(14-16-37)32-71-54(70)63-22-19-38-41-28-43(60-42(41)17-18-44(38)63)51(67)64-31-36(30-55)48-40-12-8-7-11-39(40)47(29-45(48)64)72-53(69)62-25-23-61(4)24-26-62/h7-8,11-18,28-29,33,35-36,49,57,60H,5-6,9-10,19-27,30-32H2,1-4H3,(H,59,66)(H3,56,58,68)/t35-,36-,49+/m1/s1. The smallest absolute Gasteiger partial charge is 0.415 e. The molecule has 72 heavy (non-hydrogen) atoms. The van der Waals surface area contributed by atoms with E-state index in [9.17, 15) is 28.8 Å². The van der Waals surface area contributed by atoms with Gasteiger partial charge in [0.15, 0.2) is 5.78 Å². The summed E-state index contributed by atoms with van der Waals surface area (Å²) in [5.74, 6) is -0.705. The lowest BCUT2D eigenvalue weighted by atomic mass is 9.89. The Hall–Kier alpha value is -6.50. The van der Waals surface area contributed by atoms with Gasteiger partial charge in [-0.15, -0.1) is 0 Å². The number of H-pyrrole nitrogens is 1. The number of fused-ring (bicyclic) bond motifs is 6. The van der Waals surface area contributed by atoms with E-state index in [0.717, 1.165) is 58.7 Å². The van der Waals surface area contributed by atoms with E-state index in [1.165, 1.54) is 0 Å². The topological polar surface area (TPSA) is 212 Å². The van der Waals surface area contributed by atoms with Gasteiger partial charge in [0.25, 0.3) is 5.91 Å². The molecule has 382 valence electrons. The van der Waals surface area contributed by atoms with Crippen LogP contribution in [-0.4, -0.2) is 121 Å². The predicted octanol–water partition coefficient (Wildman–Crippen LogP) is 8.28. The van der Waals surface area contributed by atoms with E-state index in [4.69, 9.17) is 15.2 Å². The number of aromatic amines is 1. The number of nitrogens with zero attached hydrogens (tertiary/aromatic N) is 4. The van der Waals surface area contributed by atoms with Crippen molar-refractivity contribution in [2.45, 2.75) is 77.9 Å². The van der Waals surface area contributed by atoms with E-state index in [1.54, 1.807) is 39.0 Å². The van der Waals surface area contributed by atoms with Gasteiger partial charge in [-0.05, 0) is 97.6 Å². The van der Waals surface area contributed by atoms with Gasteiger partial charge in [0.1, 0.15) is 18.1 Å². The number of piperazine rings is 1. The third-order valence-corrected chi connectivity index (χ3v) is 14.9. The highest BCUT2D eigenvalue weighted by atomic mass is 79.9. The van der Waals surface area contributed by atoms with Crippen LogP contribution in [-0.2, 0) is 27.4 Å². The SMILES string of the molecule is CCCCN[C@H](C(=O)C[C@@H](CCCNC(N)=O)C(=O)Nc1ccc(COC(=O)N2CCc3c2ccc2[nH]c(C(=O)N4C[C@@H](CBr)c5c4cc(OC(=O)N4CCN(C)CC4)c4ccccc54)cc32)cc1)C(C)C. The molecule has 4 aromatic carbocycles. The van der Waals surface area contributed by atoms with Crippen LogP contribution in [0.4, 0.5) is 31.4 Å². The van der Waals surface area contributed by atoms with Gasteiger partial charge in [-0.3, -0.25) is 19.3 Å². The number of hydrogen-bond donors (Lipinski definition) is 5. The van der Waals surface area contributed by atoms with E-state index in [2.05, 4.69) is 48.7 Å². The number of aromatic nitrogens is 1. The van der Waals surface area contributed by atoms with E-state index < -0.39 is 24.1 Å². The summed E-state index contributed by atoms with van der Waals surface area (Å²) >= 11 is 3.71. The van der Waals surface area contributed by atoms with Crippen LogP contribution < -0.4 is 36.2 Å². The second kappa shape index (κ2) is 23.4. The van der Waals surface area contributed by atoms with E-state index in [-0.39, 0.29) is 55.0 Å². The molecule has 1 aromatic heterocycles. The number of halogens is 1. The zero-order valence-corrected chi connectivity index (χ0v) is 43.1. The number of anilines is 3. The van der Waals surface area contributed by atoms with Crippen molar-refractivity contribution in [1.82, 2.24) is 25.4 Å². The molecule has 0 aliphatic carbocycles. The van der Waals surface area contributed by atoms with Gasteiger partial charge in [0.2, 0.25) is 5.91 Å². The summed E-state index contributed by atoms with van der Waals surface area (Å²) in [6.07, 6.45) is 2.49. The first-order valence-electron chi connectivity index (χ1n) is 25.1. The highest BCUT2D eigenvalue weighted by Gasteiger charge is 2.37. The first-order valence-corrected chi connectivity index (χ1v) is 26.2. The number of ketones is 1. The van der Waals surface area contributed by atoms with Gasteiger partial charge in [-0.25, -0.2) is 14.4 Å². The molecule has 0 radical (unpaired) electrons. The number of ether oxygens (including phenoxy) is 2. The number of amides is 6. The van der Waals surface area contributed by atoms with Crippen LogP contribution in [0.1, 0.15) is 86.0 Å². The molecule has 0 bridgehead atoms. The average Bonchev–Trinajstić information content (AvgIpc) is 4.11. The summed E-state index contributed by atoms with van der Waals surface area (Å²) in [4.78, 5) is 90.7. The number of primary amides is 1. The average molecular weight is 1050 g/mol. The van der Waals surface area contributed by atoms with Crippen molar-refractivity contribution < 1.29 is 38.2 Å². The van der Waals surface area contributed by atoms with Gasteiger partial charge < -0.3 is 50.8 Å². The summed E-state index contributed by atoms with van der Waals surface area (Å²) in [5, 5.41) is 12.1. The number of alkyl halides is 1. The summed E-state index contributed by atoms with van der Waals surface area (Å²) in [7, 11) is 2.03. The first-order chi connectivity index (χ1) is 34.7. The molecular formula is C54H66BrN9O8. The van der Waals surface area contributed by atoms with Gasteiger partial charge in [0.05, 0.1) is 17.4 Å². The molecule has 5 aromatic rings. The molecule has 6 N–H and O–H groups in total. The molecular weight excluding hydrogens is 983 g/mol. The van der Waals surface area contributed by atoms with Crippen LogP contribution in [0.2, 0.25) is 0 Å². The first kappa shape index (κ1) is 51.8. The van der Waals surface area contributed by atoms with Gasteiger partial charge in [-0.1, -0.05) is 79.5 Å². The van der Waals surface area contributed by atoms with Crippen LogP contribution >= 0.6 is 15.9 Å². The van der Waals surface area contributed by atoms with Crippen molar-refractivity contribution in [2.24, 2.45) is 17.6 Å². The molecule has 1 saturated heterocycles. The van der Waals surface area contributed by atoms with Crippen LogP contribution in [0.3, 0.4) is 0 Å². The number of hydrogen-bond acceptors (Lipinski definition) is 10. The Balaban J connectivity index is 0.915. The molecule has 6 amide bonds. The van der Waals surface area contributed by atoms with Crippen molar-refractivity contribution in [3.05, 3.63) is 95.2 Å². The second-order valence-corrected chi connectivity index (χ2v) is 20.1. The maximum Gasteiger partial charge on any atom is 0.415 e. The highest BCUT2D eigenvalue weighted by Crippen LogP contribution is 2.47. The second-order valence-electron chi connectivity index (χ2n) is 19.5. The Morgan fingerprint density at radius 2 is 1.60 bits per heavy atom. The van der Waals surface area contributed by atoms with Crippen molar-refractivity contribution in [3.8, 4) is 5.75 Å². The van der Waals surface area contributed by atoms with E-state index >= 15 is 0 Å². The zero-order chi connectivity index (χ0) is 51.1. The molecule has 17 nitrogen and oxygen atoms in total. The predicted molar refractivity (Wildman–Crippen MR) is 283 cm³/mol. The minimum Gasteiger partial charge on any atom is -0.444 e. The molecule has 1 fully saturated rings. The number of unbranched alkanes of at least 4 members (excludes halogenated alkanes) is 1. The summed E-state index contributed by atoms with van der Waals surface area (Å²) in [5.41, 5.74) is 11.0. The molecule has 0 unspecified atom stereocenters. The zero-order valence-electron chi connectivity index (χ0n) is 41.6. The fourth-order valence-corrected chi connectivity index (χ4v) is 10.6. The van der Waals surface area contributed by atoms with E-state index in [1.807, 2.05) is 69.4 Å². The van der Waals surface area contributed by atoms with Crippen LogP contribution in [0.25, 0.3) is 21.7 Å². The number of rotatable bonds is 19. The molecule has 3 aliphatic rings. The van der Waals surface area contributed by atoms with Crippen molar-refractivity contribution in [2.75, 3.05) is 79.9 Å². The largest absolute Gasteiger partial charge is 0.444 e. The number of likely N-dealkylation sites (N-methyl/N-ethyl adjacent to an activating group) is 1. The lowest BCUT2D eigenvalue weighted by Crippen LogP contribution is -2.48. The number of carbonyl (C=O) groups excluding carboxylic acids is 6. The number of nitrogens with two attached hydrogens (primary N) is 1. The van der Waals surface area contributed by atoms with Crippen molar-refractivity contribution in [3.63, 3.8) is 0 Å². The maximum absolute atomic E-state index is 14.6. The summed E-state index contributed by atoms with van der Waals surface area (Å²) < 4.78 is 11.9.